The highest BCUT2D eigenvalue weighted by Gasteiger charge is 2.19. The molecule has 13 heavy (non-hydrogen) atoms. The fraction of sp³-hybridized carbons (Fsp3) is 0.400. The molecule has 1 aromatic carbocycles. The van der Waals surface area contributed by atoms with Crippen LogP contribution in [0.5, 0.6) is 0 Å². The number of rotatable bonds is 2. The van der Waals surface area contributed by atoms with Gasteiger partial charge in [-0.2, -0.15) is 0 Å². The Morgan fingerprint density at radius 2 is 2.15 bits per heavy atom. The van der Waals surface area contributed by atoms with Crippen molar-refractivity contribution in [3.05, 3.63) is 35.4 Å². The maximum absolute atomic E-state index is 12.3. The first-order valence-corrected chi connectivity index (χ1v) is 4.39. The van der Waals surface area contributed by atoms with Crippen LogP contribution in [0.15, 0.2) is 24.3 Å². The molecule has 1 nitrogen and oxygen atoms in total. The van der Waals surface area contributed by atoms with Gasteiger partial charge in [-0.05, 0) is 24.6 Å². The summed E-state index contributed by atoms with van der Waals surface area (Å²) in [6.07, 6.45) is -1.31. The maximum atomic E-state index is 12.3. The van der Waals surface area contributed by atoms with E-state index in [0.29, 0.717) is 6.04 Å². The third-order valence-electron chi connectivity index (χ3n) is 2.39. The largest absolute Gasteiger partial charge is 0.310 e. The van der Waals surface area contributed by atoms with E-state index < -0.39 is 6.43 Å². The van der Waals surface area contributed by atoms with E-state index in [9.17, 15) is 8.78 Å². The molecule has 0 aliphatic carbocycles. The minimum atomic E-state index is -2.36. The number of benzene rings is 1. The summed E-state index contributed by atoms with van der Waals surface area (Å²) < 4.78 is 24.6. The van der Waals surface area contributed by atoms with E-state index in [2.05, 4.69) is 5.32 Å². The van der Waals surface area contributed by atoms with Crippen LogP contribution in [0.4, 0.5) is 8.78 Å². The summed E-state index contributed by atoms with van der Waals surface area (Å²) in [4.78, 5) is 0. The fourth-order valence-electron chi connectivity index (χ4n) is 1.48. The predicted octanol–water partition coefficient (Wildman–Crippen LogP) is 2.66. The average Bonchev–Trinajstić information content (AvgIpc) is 2.01. The van der Waals surface area contributed by atoms with Gasteiger partial charge in [-0.15, -0.1) is 0 Å². The third-order valence-corrected chi connectivity index (χ3v) is 2.39. The number of halogens is 2. The van der Waals surface area contributed by atoms with Gasteiger partial charge in [-0.1, -0.05) is 18.2 Å². The quantitative estimate of drug-likeness (QED) is 0.743. The van der Waals surface area contributed by atoms with Gasteiger partial charge < -0.3 is 5.32 Å². The molecule has 1 fully saturated rings. The van der Waals surface area contributed by atoms with Crippen molar-refractivity contribution in [3.8, 4) is 0 Å². The van der Waals surface area contributed by atoms with Crippen molar-refractivity contribution in [2.75, 3.05) is 6.54 Å². The summed E-state index contributed by atoms with van der Waals surface area (Å²) in [6.45, 7) is 0.990. The first-order valence-electron chi connectivity index (χ1n) is 4.39. The molecule has 0 unspecified atom stereocenters. The SMILES string of the molecule is FC(F)c1cccc([C@@H]2CCN2)c1. The van der Waals surface area contributed by atoms with Gasteiger partial charge in [0.2, 0.25) is 0 Å². The van der Waals surface area contributed by atoms with E-state index >= 15 is 0 Å². The lowest BCUT2D eigenvalue weighted by molar-refractivity contribution is 0.151. The van der Waals surface area contributed by atoms with E-state index in [0.717, 1.165) is 18.5 Å². The lowest BCUT2D eigenvalue weighted by atomic mass is 9.96. The van der Waals surface area contributed by atoms with Gasteiger partial charge in [0.15, 0.2) is 0 Å². The Bertz CT molecular complexity index is 295. The zero-order valence-corrected chi connectivity index (χ0v) is 7.13. The van der Waals surface area contributed by atoms with Crippen molar-refractivity contribution < 1.29 is 8.78 Å². The van der Waals surface area contributed by atoms with Crippen molar-refractivity contribution in [3.63, 3.8) is 0 Å². The molecule has 1 aliphatic rings. The maximum Gasteiger partial charge on any atom is 0.263 e. The molecule has 0 aromatic heterocycles. The van der Waals surface area contributed by atoms with Gasteiger partial charge >= 0.3 is 0 Å². The Morgan fingerprint density at radius 3 is 2.69 bits per heavy atom. The van der Waals surface area contributed by atoms with Crippen LogP contribution in [0.1, 0.15) is 30.0 Å². The second-order valence-corrected chi connectivity index (χ2v) is 3.27. The van der Waals surface area contributed by atoms with Crippen molar-refractivity contribution >= 4 is 0 Å². The normalized spacial score (nSPS) is 21.6. The van der Waals surface area contributed by atoms with E-state index in [-0.39, 0.29) is 5.56 Å². The van der Waals surface area contributed by atoms with Crippen LogP contribution < -0.4 is 5.32 Å². The highest BCUT2D eigenvalue weighted by atomic mass is 19.3. The second kappa shape index (κ2) is 3.42. The average molecular weight is 183 g/mol. The van der Waals surface area contributed by atoms with Crippen molar-refractivity contribution in [2.45, 2.75) is 18.9 Å². The van der Waals surface area contributed by atoms with Gasteiger partial charge in [0, 0.05) is 11.6 Å². The molecule has 1 N–H and O–H groups in total. The lowest BCUT2D eigenvalue weighted by Crippen LogP contribution is -2.34. The van der Waals surface area contributed by atoms with Crippen LogP contribution in [0.25, 0.3) is 0 Å². The van der Waals surface area contributed by atoms with Crippen molar-refractivity contribution in [1.82, 2.24) is 5.32 Å². The van der Waals surface area contributed by atoms with E-state index in [4.69, 9.17) is 0 Å². The Labute approximate surface area is 75.8 Å². The molecule has 1 aromatic rings. The van der Waals surface area contributed by atoms with Crippen molar-refractivity contribution in [1.29, 1.82) is 0 Å². The Hall–Kier alpha value is -0.960. The highest BCUT2D eigenvalue weighted by Crippen LogP contribution is 2.26. The lowest BCUT2D eigenvalue weighted by Gasteiger charge is -2.28. The summed E-state index contributed by atoms with van der Waals surface area (Å²) in [5.41, 5.74) is 1.09. The first-order chi connectivity index (χ1) is 6.27. The number of hydrogen-bond acceptors (Lipinski definition) is 1. The fourth-order valence-corrected chi connectivity index (χ4v) is 1.48. The van der Waals surface area contributed by atoms with Crippen LogP contribution >= 0.6 is 0 Å². The monoisotopic (exact) mass is 183 g/mol. The molecular formula is C10H11F2N. The minimum Gasteiger partial charge on any atom is -0.310 e. The van der Waals surface area contributed by atoms with Gasteiger partial charge in [-0.25, -0.2) is 8.78 Å². The molecule has 1 heterocycles. The third kappa shape index (κ3) is 1.70. The topological polar surface area (TPSA) is 12.0 Å². The standard InChI is InChI=1S/C10H11F2N/c11-10(12)8-3-1-2-7(6-8)9-4-5-13-9/h1-3,6,9-10,13H,4-5H2/t9-/m0/s1. The highest BCUT2D eigenvalue weighted by molar-refractivity contribution is 5.27. The van der Waals surface area contributed by atoms with Gasteiger partial charge in [-0.3, -0.25) is 0 Å². The number of alkyl halides is 2. The summed E-state index contributed by atoms with van der Waals surface area (Å²) in [7, 11) is 0. The second-order valence-electron chi connectivity index (χ2n) is 3.27. The van der Waals surface area contributed by atoms with E-state index in [1.165, 1.54) is 6.07 Å². The Kier molecular flexibility index (Phi) is 2.27. The van der Waals surface area contributed by atoms with Crippen molar-refractivity contribution in [2.24, 2.45) is 0 Å². The van der Waals surface area contributed by atoms with E-state index in [1.54, 1.807) is 12.1 Å². The Morgan fingerprint density at radius 1 is 1.38 bits per heavy atom. The molecule has 0 saturated carbocycles. The van der Waals surface area contributed by atoms with Crippen LogP contribution in [0.3, 0.4) is 0 Å². The molecule has 3 heteroatoms. The summed E-state index contributed by atoms with van der Waals surface area (Å²) in [6, 6.07) is 6.92. The molecule has 0 bridgehead atoms. The molecular weight excluding hydrogens is 172 g/mol. The Balaban J connectivity index is 2.21. The molecule has 0 amide bonds. The number of hydrogen-bond donors (Lipinski definition) is 1. The van der Waals surface area contributed by atoms with E-state index in [1.807, 2.05) is 6.07 Å². The zero-order chi connectivity index (χ0) is 9.26. The molecule has 2 rings (SSSR count). The molecule has 0 spiro atoms. The molecule has 0 radical (unpaired) electrons. The summed E-state index contributed by atoms with van der Waals surface area (Å²) in [5.74, 6) is 0. The van der Waals surface area contributed by atoms with Gasteiger partial charge in [0.1, 0.15) is 0 Å². The molecule has 1 aliphatic heterocycles. The van der Waals surface area contributed by atoms with Crippen LogP contribution in [-0.2, 0) is 0 Å². The smallest absolute Gasteiger partial charge is 0.263 e. The van der Waals surface area contributed by atoms with Gasteiger partial charge in [0.05, 0.1) is 0 Å². The van der Waals surface area contributed by atoms with Crippen LogP contribution in [0, 0.1) is 0 Å². The molecule has 1 saturated heterocycles. The van der Waals surface area contributed by atoms with Crippen LogP contribution in [-0.4, -0.2) is 6.54 Å². The summed E-state index contributed by atoms with van der Waals surface area (Å²) in [5, 5.41) is 3.18. The molecule has 1 atom stereocenters. The zero-order valence-electron chi connectivity index (χ0n) is 7.13. The first kappa shape index (κ1) is 8.63. The summed E-state index contributed by atoms with van der Waals surface area (Å²) >= 11 is 0. The number of nitrogens with one attached hydrogen (secondary N) is 1. The minimum absolute atomic E-state index is 0.117. The predicted molar refractivity (Wildman–Crippen MR) is 46.8 cm³/mol. The molecule has 70 valence electrons. The van der Waals surface area contributed by atoms with Gasteiger partial charge in [0.25, 0.3) is 6.43 Å². The van der Waals surface area contributed by atoms with Crippen LogP contribution in [0.2, 0.25) is 0 Å².